The van der Waals surface area contributed by atoms with E-state index < -0.39 is 11.7 Å². The Kier molecular flexibility index (Phi) is 14.0. The van der Waals surface area contributed by atoms with Crippen LogP contribution < -0.4 is 18.9 Å². The number of fused-ring (bicyclic) bond motifs is 2. The van der Waals surface area contributed by atoms with Gasteiger partial charge in [0.15, 0.2) is 25.1 Å². The molecule has 1 N–H and O–H groups in total. The van der Waals surface area contributed by atoms with Crippen molar-refractivity contribution in [2.45, 2.75) is 91.5 Å². The van der Waals surface area contributed by atoms with Crippen molar-refractivity contribution in [1.29, 1.82) is 0 Å². The Morgan fingerprint density at radius 2 is 1.44 bits per heavy atom. The molecule has 1 fully saturated rings. The second-order valence-electron chi connectivity index (χ2n) is 14.5. The molecule has 1 aliphatic carbocycles. The summed E-state index contributed by atoms with van der Waals surface area (Å²) in [5, 5.41) is 11.1. The van der Waals surface area contributed by atoms with Crippen molar-refractivity contribution < 1.29 is 43.0 Å². The maximum absolute atomic E-state index is 11.1. The summed E-state index contributed by atoms with van der Waals surface area (Å²) >= 11 is 0. The van der Waals surface area contributed by atoms with Crippen molar-refractivity contribution in [3.63, 3.8) is 0 Å². The topological polar surface area (TPSA) is 94.1 Å². The molecule has 2 aromatic rings. The van der Waals surface area contributed by atoms with E-state index in [0.717, 1.165) is 47.3 Å². The Morgan fingerprint density at radius 1 is 0.840 bits per heavy atom. The second kappa shape index (κ2) is 17.7. The monoisotopic (exact) mass is 694 g/mol. The standard InChI is InChI=1S/C41H58O9/c1-27(2)12-11-13-28(3)14-17-32-34(47-24-43-7)19-30(20-35(32)48-25-44-8)16-15-29-18-31-22-37-40(4,5)39(49-26-45-9)33(42)23-41(37,6)50-38(31)36(21-29)46-10/h12,14-16,18-21,33,37,39,42H,11,13,17,22-26H2,1-10H3/b16-15+,28-14+/t33-,37-,39-,41-/m1/s1. The quantitative estimate of drug-likeness (QED) is 0.100. The molecule has 4 atom stereocenters. The van der Waals surface area contributed by atoms with E-state index in [0.29, 0.717) is 30.1 Å². The van der Waals surface area contributed by atoms with Crippen LogP contribution in [0.3, 0.4) is 0 Å². The zero-order valence-corrected chi connectivity index (χ0v) is 31.7. The third kappa shape index (κ3) is 9.50. The molecule has 0 unspecified atom stereocenters. The zero-order chi connectivity index (χ0) is 36.5. The van der Waals surface area contributed by atoms with Crippen molar-refractivity contribution in [3.8, 4) is 23.0 Å². The second-order valence-corrected chi connectivity index (χ2v) is 14.5. The highest BCUT2D eigenvalue weighted by Crippen LogP contribution is 2.55. The summed E-state index contributed by atoms with van der Waals surface area (Å²) in [5.41, 5.74) is 5.50. The molecule has 9 nitrogen and oxygen atoms in total. The van der Waals surface area contributed by atoms with Crippen LogP contribution in [-0.4, -0.2) is 71.7 Å². The molecule has 2 aromatic carbocycles. The predicted octanol–water partition coefficient (Wildman–Crippen LogP) is 8.16. The Morgan fingerprint density at radius 3 is 2.02 bits per heavy atom. The Hall–Kier alpha value is -3.34. The summed E-state index contributed by atoms with van der Waals surface area (Å²) in [4.78, 5) is 0. The number of rotatable bonds is 17. The van der Waals surface area contributed by atoms with Gasteiger partial charge < -0.3 is 43.0 Å². The molecule has 0 bridgehead atoms. The maximum atomic E-state index is 11.1. The molecule has 0 saturated heterocycles. The molecule has 0 aromatic heterocycles. The largest absolute Gasteiger partial charge is 0.493 e. The highest BCUT2D eigenvalue weighted by atomic mass is 16.7. The van der Waals surface area contributed by atoms with Crippen LogP contribution in [0.5, 0.6) is 23.0 Å². The SMILES string of the molecule is COCOc1cc(/C=C/c2cc3c(c(OC)c2)O[C@]2(C)C[C@@H](O)[C@@H](OCOC)C(C)(C)[C@H]2C3)cc(OCOC)c1C/C=C(\C)CCC=C(C)C. The number of allylic oxidation sites excluding steroid dienone is 4. The number of hydrogen-bond donors (Lipinski definition) is 1. The van der Waals surface area contributed by atoms with Gasteiger partial charge in [-0.3, -0.25) is 0 Å². The van der Waals surface area contributed by atoms with Crippen molar-refractivity contribution >= 4 is 12.2 Å². The first-order chi connectivity index (χ1) is 23.9. The van der Waals surface area contributed by atoms with Gasteiger partial charge in [-0.25, -0.2) is 0 Å². The Labute approximate surface area is 299 Å². The molecule has 1 aliphatic heterocycles. The van der Waals surface area contributed by atoms with Gasteiger partial charge in [-0.2, -0.15) is 0 Å². The molecular weight excluding hydrogens is 636 g/mol. The summed E-state index contributed by atoms with van der Waals surface area (Å²) in [5.74, 6) is 2.84. The van der Waals surface area contributed by atoms with Crippen molar-refractivity contribution in [2.75, 3.05) is 48.8 Å². The Bertz CT molecular complexity index is 1490. The van der Waals surface area contributed by atoms with Crippen molar-refractivity contribution in [2.24, 2.45) is 11.3 Å². The minimum absolute atomic E-state index is 0.0788. The lowest BCUT2D eigenvalue weighted by atomic mass is 9.56. The number of methoxy groups -OCH3 is 4. The van der Waals surface area contributed by atoms with Crippen LogP contribution in [0.1, 0.15) is 83.1 Å². The fourth-order valence-electron chi connectivity index (χ4n) is 7.46. The van der Waals surface area contributed by atoms with Crippen LogP contribution in [0.4, 0.5) is 0 Å². The molecule has 1 heterocycles. The average molecular weight is 695 g/mol. The lowest BCUT2D eigenvalue weighted by molar-refractivity contribution is -0.226. The lowest BCUT2D eigenvalue weighted by Gasteiger charge is -2.57. The summed E-state index contributed by atoms with van der Waals surface area (Å²) < 4.78 is 46.6. The maximum Gasteiger partial charge on any atom is 0.188 e. The van der Waals surface area contributed by atoms with E-state index in [1.807, 2.05) is 24.3 Å². The van der Waals surface area contributed by atoms with Gasteiger partial charge in [0, 0.05) is 44.6 Å². The molecule has 0 amide bonds. The van der Waals surface area contributed by atoms with Gasteiger partial charge >= 0.3 is 0 Å². The summed E-state index contributed by atoms with van der Waals surface area (Å²) in [7, 11) is 6.47. The zero-order valence-electron chi connectivity index (χ0n) is 31.7. The molecule has 0 spiro atoms. The van der Waals surface area contributed by atoms with E-state index >= 15 is 0 Å². The Balaban J connectivity index is 1.67. The van der Waals surface area contributed by atoms with Crippen molar-refractivity contribution in [3.05, 3.63) is 69.8 Å². The minimum Gasteiger partial charge on any atom is -0.493 e. The van der Waals surface area contributed by atoms with Crippen molar-refractivity contribution in [1.82, 2.24) is 0 Å². The molecule has 276 valence electrons. The normalized spacial score (nSPS) is 22.8. The van der Waals surface area contributed by atoms with E-state index in [4.69, 9.17) is 37.9 Å². The molecule has 4 rings (SSSR count). The van der Waals surface area contributed by atoms with Crippen LogP contribution in [0.25, 0.3) is 12.2 Å². The summed E-state index contributed by atoms with van der Waals surface area (Å²) in [6.07, 6.45) is 11.4. The summed E-state index contributed by atoms with van der Waals surface area (Å²) in [6.45, 7) is 13.1. The third-order valence-electron chi connectivity index (χ3n) is 9.90. The number of aliphatic hydroxyl groups is 1. The van der Waals surface area contributed by atoms with Crippen LogP contribution in [-0.2, 0) is 31.8 Å². The van der Waals surface area contributed by atoms with E-state index in [9.17, 15) is 5.11 Å². The fraction of sp³-hybridized carbons (Fsp3) is 0.561. The van der Waals surface area contributed by atoms with Crippen LogP contribution in [0, 0.1) is 11.3 Å². The van der Waals surface area contributed by atoms with Gasteiger partial charge in [0.05, 0.1) is 19.3 Å². The predicted molar refractivity (Wildman–Crippen MR) is 197 cm³/mol. The first-order valence-electron chi connectivity index (χ1n) is 17.4. The molecule has 2 aliphatic rings. The van der Waals surface area contributed by atoms with Gasteiger partial charge in [0.1, 0.15) is 23.9 Å². The van der Waals surface area contributed by atoms with E-state index in [2.05, 4.69) is 65.8 Å². The number of hydrogen-bond acceptors (Lipinski definition) is 9. The molecule has 50 heavy (non-hydrogen) atoms. The third-order valence-corrected chi connectivity index (χ3v) is 9.90. The van der Waals surface area contributed by atoms with Crippen LogP contribution >= 0.6 is 0 Å². The van der Waals surface area contributed by atoms with Gasteiger partial charge in [-0.15, -0.1) is 0 Å². The molecule has 1 saturated carbocycles. The first kappa shape index (κ1) is 39.4. The minimum atomic E-state index is -0.689. The molecule has 9 heteroatoms. The number of ether oxygens (including phenoxy) is 8. The van der Waals surface area contributed by atoms with Crippen LogP contribution in [0.2, 0.25) is 0 Å². The van der Waals surface area contributed by atoms with E-state index in [1.165, 1.54) is 11.1 Å². The highest BCUT2D eigenvalue weighted by molar-refractivity contribution is 5.74. The van der Waals surface area contributed by atoms with Gasteiger partial charge in [-0.05, 0) is 94.3 Å². The van der Waals surface area contributed by atoms with E-state index in [1.54, 1.807) is 28.4 Å². The first-order valence-corrected chi connectivity index (χ1v) is 17.4. The van der Waals surface area contributed by atoms with Gasteiger partial charge in [0.25, 0.3) is 0 Å². The number of aliphatic hydroxyl groups excluding tert-OH is 1. The smallest absolute Gasteiger partial charge is 0.188 e. The number of benzene rings is 2. The van der Waals surface area contributed by atoms with E-state index in [-0.39, 0.29) is 37.8 Å². The van der Waals surface area contributed by atoms with Crippen LogP contribution in [0.15, 0.2) is 47.6 Å². The van der Waals surface area contributed by atoms with Gasteiger partial charge in [-0.1, -0.05) is 49.3 Å². The lowest BCUT2D eigenvalue weighted by Crippen LogP contribution is -2.64. The highest BCUT2D eigenvalue weighted by Gasteiger charge is 2.59. The van der Waals surface area contributed by atoms with Gasteiger partial charge in [0.2, 0.25) is 0 Å². The summed E-state index contributed by atoms with van der Waals surface area (Å²) in [6, 6.07) is 8.16. The molecular formula is C41H58O9. The fourth-order valence-corrected chi connectivity index (χ4v) is 7.46. The molecule has 0 radical (unpaired) electrons. The average Bonchev–Trinajstić information content (AvgIpc) is 3.06.